The van der Waals surface area contributed by atoms with E-state index in [-0.39, 0.29) is 6.10 Å². The third-order valence-electron chi connectivity index (χ3n) is 2.34. The molecule has 1 aliphatic heterocycles. The van der Waals surface area contributed by atoms with Crippen molar-refractivity contribution in [2.24, 2.45) is 5.16 Å². The Labute approximate surface area is 83.0 Å². The molecule has 0 aliphatic carbocycles. The lowest BCUT2D eigenvalue weighted by molar-refractivity contribution is -0.00780. The molecule has 1 heterocycles. The molecule has 1 aromatic rings. The first-order valence-corrected chi connectivity index (χ1v) is 4.73. The zero-order valence-electron chi connectivity index (χ0n) is 8.05. The molecule has 74 valence electrons. The van der Waals surface area contributed by atoms with Crippen LogP contribution in [0.2, 0.25) is 0 Å². The Bertz CT molecular complexity index is 332. The summed E-state index contributed by atoms with van der Waals surface area (Å²) in [5.74, 6) is 0. The van der Waals surface area contributed by atoms with Gasteiger partial charge in [-0.1, -0.05) is 35.5 Å². The minimum Gasteiger partial charge on any atom is -0.389 e. The fourth-order valence-corrected chi connectivity index (χ4v) is 1.46. The van der Waals surface area contributed by atoms with Gasteiger partial charge in [-0.05, 0) is 12.5 Å². The predicted octanol–water partition coefficient (Wildman–Crippen LogP) is 1.56. The normalized spacial score (nSPS) is 22.7. The predicted molar refractivity (Wildman–Crippen MR) is 54.1 cm³/mol. The second-order valence-corrected chi connectivity index (χ2v) is 3.49. The van der Waals surface area contributed by atoms with Crippen molar-refractivity contribution < 1.29 is 9.94 Å². The van der Waals surface area contributed by atoms with E-state index in [2.05, 4.69) is 5.16 Å². The SMILES string of the molecule is CC(O)C1CC(c2ccccc2)=NO1. The summed E-state index contributed by atoms with van der Waals surface area (Å²) >= 11 is 0. The molecule has 2 atom stereocenters. The van der Waals surface area contributed by atoms with Gasteiger partial charge in [-0.2, -0.15) is 0 Å². The Morgan fingerprint density at radius 3 is 2.71 bits per heavy atom. The van der Waals surface area contributed by atoms with Crippen molar-refractivity contribution in [3.63, 3.8) is 0 Å². The van der Waals surface area contributed by atoms with Gasteiger partial charge in [0, 0.05) is 6.42 Å². The summed E-state index contributed by atoms with van der Waals surface area (Å²) in [5.41, 5.74) is 1.98. The first-order valence-electron chi connectivity index (χ1n) is 4.73. The highest BCUT2D eigenvalue weighted by Crippen LogP contribution is 2.18. The van der Waals surface area contributed by atoms with Crippen molar-refractivity contribution in [3.8, 4) is 0 Å². The maximum Gasteiger partial charge on any atom is 0.158 e. The quantitative estimate of drug-likeness (QED) is 0.770. The van der Waals surface area contributed by atoms with Crippen molar-refractivity contribution in [3.05, 3.63) is 35.9 Å². The van der Waals surface area contributed by atoms with Crippen molar-refractivity contribution >= 4 is 5.71 Å². The molecule has 2 unspecified atom stereocenters. The molecule has 0 aromatic heterocycles. The van der Waals surface area contributed by atoms with Crippen LogP contribution in [0.3, 0.4) is 0 Å². The number of oxime groups is 1. The Morgan fingerprint density at radius 2 is 2.14 bits per heavy atom. The summed E-state index contributed by atoms with van der Waals surface area (Å²) in [4.78, 5) is 5.12. The molecule has 0 saturated heterocycles. The minimum absolute atomic E-state index is 0.190. The van der Waals surface area contributed by atoms with Crippen LogP contribution in [-0.2, 0) is 4.84 Å². The second-order valence-electron chi connectivity index (χ2n) is 3.49. The van der Waals surface area contributed by atoms with Crippen LogP contribution >= 0.6 is 0 Å². The van der Waals surface area contributed by atoms with Crippen molar-refractivity contribution in [2.45, 2.75) is 25.6 Å². The minimum atomic E-state index is -0.472. The van der Waals surface area contributed by atoms with Crippen LogP contribution < -0.4 is 0 Å². The van der Waals surface area contributed by atoms with E-state index in [0.717, 1.165) is 11.3 Å². The van der Waals surface area contributed by atoms with E-state index in [0.29, 0.717) is 6.42 Å². The third kappa shape index (κ3) is 1.77. The molecular weight excluding hydrogens is 178 g/mol. The summed E-state index contributed by atoms with van der Waals surface area (Å²) in [7, 11) is 0. The lowest BCUT2D eigenvalue weighted by Crippen LogP contribution is -2.22. The monoisotopic (exact) mass is 191 g/mol. The van der Waals surface area contributed by atoms with E-state index in [9.17, 15) is 5.11 Å². The number of nitrogens with zero attached hydrogens (tertiary/aromatic N) is 1. The molecule has 3 heteroatoms. The van der Waals surface area contributed by atoms with Crippen LogP contribution in [0.4, 0.5) is 0 Å². The highest BCUT2D eigenvalue weighted by molar-refractivity contribution is 6.01. The maximum absolute atomic E-state index is 9.32. The Kier molecular flexibility index (Phi) is 2.50. The first-order chi connectivity index (χ1) is 6.77. The number of hydrogen-bond acceptors (Lipinski definition) is 3. The summed E-state index contributed by atoms with van der Waals surface area (Å²) in [6, 6.07) is 9.88. The van der Waals surface area contributed by atoms with Crippen molar-refractivity contribution in [1.29, 1.82) is 0 Å². The molecule has 0 fully saturated rings. The highest BCUT2D eigenvalue weighted by Gasteiger charge is 2.25. The third-order valence-corrected chi connectivity index (χ3v) is 2.34. The molecule has 2 rings (SSSR count). The Hall–Kier alpha value is -1.35. The van der Waals surface area contributed by atoms with Gasteiger partial charge in [0.2, 0.25) is 0 Å². The number of benzene rings is 1. The van der Waals surface area contributed by atoms with E-state index < -0.39 is 6.10 Å². The van der Waals surface area contributed by atoms with Crippen LogP contribution in [0, 0.1) is 0 Å². The zero-order chi connectivity index (χ0) is 9.97. The smallest absolute Gasteiger partial charge is 0.158 e. The van der Waals surface area contributed by atoms with E-state index >= 15 is 0 Å². The Morgan fingerprint density at radius 1 is 1.43 bits per heavy atom. The van der Waals surface area contributed by atoms with Gasteiger partial charge in [0.1, 0.15) is 0 Å². The molecule has 0 spiro atoms. The molecule has 0 saturated carbocycles. The van der Waals surface area contributed by atoms with Crippen LogP contribution in [-0.4, -0.2) is 23.0 Å². The number of hydrogen-bond donors (Lipinski definition) is 1. The van der Waals surface area contributed by atoms with Gasteiger partial charge in [0.25, 0.3) is 0 Å². The summed E-state index contributed by atoms with van der Waals surface area (Å²) in [6.07, 6.45) is 0.0203. The number of aliphatic hydroxyl groups excluding tert-OH is 1. The fourth-order valence-electron chi connectivity index (χ4n) is 1.46. The van der Waals surface area contributed by atoms with E-state index in [1.807, 2.05) is 30.3 Å². The fraction of sp³-hybridized carbons (Fsp3) is 0.364. The topological polar surface area (TPSA) is 41.8 Å². The largest absolute Gasteiger partial charge is 0.389 e. The van der Waals surface area contributed by atoms with Crippen LogP contribution in [0.5, 0.6) is 0 Å². The van der Waals surface area contributed by atoms with Crippen molar-refractivity contribution in [2.75, 3.05) is 0 Å². The van der Waals surface area contributed by atoms with E-state index in [1.54, 1.807) is 6.92 Å². The lowest BCUT2D eigenvalue weighted by Gasteiger charge is -2.09. The average Bonchev–Trinajstić information content (AvgIpc) is 2.68. The molecule has 1 aromatic carbocycles. The lowest BCUT2D eigenvalue weighted by atomic mass is 10.0. The van der Waals surface area contributed by atoms with Gasteiger partial charge in [-0.3, -0.25) is 0 Å². The van der Waals surface area contributed by atoms with Gasteiger partial charge < -0.3 is 9.94 Å². The maximum atomic E-state index is 9.32. The molecule has 1 aliphatic rings. The van der Waals surface area contributed by atoms with Crippen LogP contribution in [0.25, 0.3) is 0 Å². The summed E-state index contributed by atoms with van der Waals surface area (Å²) < 4.78 is 0. The number of rotatable bonds is 2. The van der Waals surface area contributed by atoms with E-state index in [1.165, 1.54) is 0 Å². The Balaban J connectivity index is 2.09. The molecule has 14 heavy (non-hydrogen) atoms. The van der Waals surface area contributed by atoms with Gasteiger partial charge in [0.15, 0.2) is 6.10 Å². The highest BCUT2D eigenvalue weighted by atomic mass is 16.6. The zero-order valence-corrected chi connectivity index (χ0v) is 8.05. The summed E-state index contributed by atoms with van der Waals surface area (Å²) in [5, 5.41) is 13.3. The van der Waals surface area contributed by atoms with Gasteiger partial charge in [-0.25, -0.2) is 0 Å². The van der Waals surface area contributed by atoms with Gasteiger partial charge in [-0.15, -0.1) is 0 Å². The van der Waals surface area contributed by atoms with Crippen molar-refractivity contribution in [1.82, 2.24) is 0 Å². The second kappa shape index (κ2) is 3.80. The van der Waals surface area contributed by atoms with E-state index in [4.69, 9.17) is 4.84 Å². The van der Waals surface area contributed by atoms with Crippen LogP contribution in [0.15, 0.2) is 35.5 Å². The van der Waals surface area contributed by atoms with Gasteiger partial charge in [0.05, 0.1) is 11.8 Å². The van der Waals surface area contributed by atoms with Gasteiger partial charge >= 0.3 is 0 Å². The summed E-state index contributed by atoms with van der Waals surface area (Å²) in [6.45, 7) is 1.72. The molecule has 1 N–H and O–H groups in total. The van der Waals surface area contributed by atoms with Crippen LogP contribution in [0.1, 0.15) is 18.9 Å². The first kappa shape index (κ1) is 9.21. The number of aliphatic hydroxyl groups is 1. The molecule has 3 nitrogen and oxygen atoms in total. The molecular formula is C11H13NO2. The standard InChI is InChI=1S/C11H13NO2/c1-8(13)11-7-10(12-14-11)9-5-3-2-4-6-9/h2-6,8,11,13H,7H2,1H3. The average molecular weight is 191 g/mol. The molecule has 0 amide bonds. The molecule has 0 radical (unpaired) electrons. The molecule has 0 bridgehead atoms.